The van der Waals surface area contributed by atoms with Crippen LogP contribution in [0.2, 0.25) is 0 Å². The van der Waals surface area contributed by atoms with Crippen molar-refractivity contribution < 1.29 is 9.59 Å². The first-order valence-corrected chi connectivity index (χ1v) is 11.4. The standard InChI is InChI=1S/C28H40N2O2/c1-25(2,3)19-13-17(14-20(23(19)31)26(4,5)6)29-30-18-15-21(27(7,8)9)24(32)22(16-18)28(10,11)12/h13-16H,1-12H3. The lowest BCUT2D eigenvalue weighted by Crippen LogP contribution is -2.30. The topological polar surface area (TPSA) is 58.9 Å². The van der Waals surface area contributed by atoms with E-state index in [1.54, 1.807) is 0 Å². The molecule has 32 heavy (non-hydrogen) atoms. The lowest BCUT2D eigenvalue weighted by atomic mass is 9.72. The van der Waals surface area contributed by atoms with Gasteiger partial charge in [-0.2, -0.15) is 10.2 Å². The second-order valence-electron chi connectivity index (χ2n) is 12.9. The highest BCUT2D eigenvalue weighted by Gasteiger charge is 2.36. The SMILES string of the molecule is CC(C)(C)C1=CC(=NN=C2C=C(C(C)(C)C)C(=O)C(C(C)(C)C)=C2)C=C(C(C)(C)C)C1=O. The molecule has 174 valence electrons. The Kier molecular flexibility index (Phi) is 6.64. The van der Waals surface area contributed by atoms with Crippen LogP contribution in [0.15, 0.2) is 56.8 Å². The van der Waals surface area contributed by atoms with Gasteiger partial charge in [0.15, 0.2) is 11.6 Å². The van der Waals surface area contributed by atoms with Gasteiger partial charge in [0.2, 0.25) is 0 Å². The van der Waals surface area contributed by atoms with E-state index >= 15 is 0 Å². The molecular weight excluding hydrogens is 396 g/mol. The summed E-state index contributed by atoms with van der Waals surface area (Å²) in [4.78, 5) is 26.3. The molecule has 4 nitrogen and oxygen atoms in total. The maximum atomic E-state index is 13.1. The summed E-state index contributed by atoms with van der Waals surface area (Å²) in [5, 5.41) is 9.05. The molecule has 0 unspecified atom stereocenters. The van der Waals surface area contributed by atoms with Crippen molar-refractivity contribution in [2.75, 3.05) is 0 Å². The van der Waals surface area contributed by atoms with E-state index in [1.807, 2.05) is 107 Å². The molecule has 0 heterocycles. The van der Waals surface area contributed by atoms with Crippen LogP contribution >= 0.6 is 0 Å². The summed E-state index contributed by atoms with van der Waals surface area (Å²) < 4.78 is 0. The van der Waals surface area contributed by atoms with Gasteiger partial charge >= 0.3 is 0 Å². The number of hydrogen-bond acceptors (Lipinski definition) is 4. The normalized spacial score (nSPS) is 18.8. The van der Waals surface area contributed by atoms with Gasteiger partial charge in [0.25, 0.3) is 0 Å². The Morgan fingerprint density at radius 3 is 0.781 bits per heavy atom. The van der Waals surface area contributed by atoms with E-state index in [4.69, 9.17) is 0 Å². The van der Waals surface area contributed by atoms with E-state index < -0.39 is 0 Å². The number of hydrogen-bond donors (Lipinski definition) is 0. The van der Waals surface area contributed by atoms with Crippen molar-refractivity contribution >= 4 is 23.0 Å². The number of allylic oxidation sites excluding steroid dienone is 8. The molecule has 0 saturated carbocycles. The molecule has 0 amide bonds. The number of Topliss-reactive ketones (excluding diaryl/α,β-unsaturated/α-hetero) is 2. The van der Waals surface area contributed by atoms with Crippen LogP contribution in [0.1, 0.15) is 83.1 Å². The first kappa shape index (κ1) is 25.9. The van der Waals surface area contributed by atoms with Crippen molar-refractivity contribution in [1.29, 1.82) is 0 Å². The average molecular weight is 437 g/mol. The van der Waals surface area contributed by atoms with Gasteiger partial charge in [0, 0.05) is 22.3 Å². The van der Waals surface area contributed by atoms with Gasteiger partial charge < -0.3 is 0 Å². The minimum absolute atomic E-state index is 0.0738. The van der Waals surface area contributed by atoms with Crippen molar-refractivity contribution in [3.8, 4) is 0 Å². The van der Waals surface area contributed by atoms with Crippen molar-refractivity contribution in [2.45, 2.75) is 83.1 Å². The van der Waals surface area contributed by atoms with Crippen molar-refractivity contribution in [2.24, 2.45) is 31.9 Å². The predicted molar refractivity (Wildman–Crippen MR) is 135 cm³/mol. The Balaban J connectivity index is 2.67. The van der Waals surface area contributed by atoms with E-state index in [0.717, 1.165) is 22.3 Å². The minimum atomic E-state index is -0.300. The molecule has 2 rings (SSSR count). The van der Waals surface area contributed by atoms with Crippen LogP contribution in [0.25, 0.3) is 0 Å². The van der Waals surface area contributed by atoms with Gasteiger partial charge in [-0.05, 0) is 46.0 Å². The van der Waals surface area contributed by atoms with Crippen molar-refractivity contribution in [1.82, 2.24) is 0 Å². The van der Waals surface area contributed by atoms with Gasteiger partial charge in [-0.25, -0.2) is 0 Å². The molecule has 0 aromatic carbocycles. The second kappa shape index (κ2) is 8.20. The number of carbonyl (C=O) groups is 2. The third-order valence-electron chi connectivity index (χ3n) is 5.66. The first-order chi connectivity index (χ1) is 14.2. The molecular formula is C28H40N2O2. The smallest absolute Gasteiger partial charge is 0.186 e. The highest BCUT2D eigenvalue weighted by atomic mass is 16.1. The fourth-order valence-electron chi connectivity index (χ4n) is 3.69. The largest absolute Gasteiger partial charge is 0.289 e. The minimum Gasteiger partial charge on any atom is -0.289 e. The Bertz CT molecular complexity index is 857. The van der Waals surface area contributed by atoms with Crippen LogP contribution < -0.4 is 0 Å². The monoisotopic (exact) mass is 436 g/mol. The fourth-order valence-corrected chi connectivity index (χ4v) is 3.69. The van der Waals surface area contributed by atoms with Crippen LogP contribution in [0.3, 0.4) is 0 Å². The third kappa shape index (κ3) is 5.70. The molecule has 2 aliphatic rings. The molecule has 0 saturated heterocycles. The van der Waals surface area contributed by atoms with E-state index in [-0.39, 0.29) is 33.2 Å². The van der Waals surface area contributed by atoms with E-state index in [9.17, 15) is 9.59 Å². The van der Waals surface area contributed by atoms with E-state index in [2.05, 4.69) is 10.2 Å². The first-order valence-electron chi connectivity index (χ1n) is 11.4. The van der Waals surface area contributed by atoms with Gasteiger partial charge in [-0.3, -0.25) is 9.59 Å². The van der Waals surface area contributed by atoms with E-state index in [1.165, 1.54) is 0 Å². The van der Waals surface area contributed by atoms with Crippen LogP contribution in [0, 0.1) is 21.7 Å². The summed E-state index contributed by atoms with van der Waals surface area (Å²) in [7, 11) is 0. The van der Waals surface area contributed by atoms with E-state index in [0.29, 0.717) is 11.4 Å². The van der Waals surface area contributed by atoms with Crippen LogP contribution in [0.5, 0.6) is 0 Å². The van der Waals surface area contributed by atoms with Crippen molar-refractivity contribution in [3.05, 3.63) is 46.6 Å². The predicted octanol–water partition coefficient (Wildman–Crippen LogP) is 6.84. The molecule has 0 aromatic rings. The summed E-state index contributed by atoms with van der Waals surface area (Å²) in [6.45, 7) is 24.4. The van der Waals surface area contributed by atoms with Crippen LogP contribution in [-0.2, 0) is 9.59 Å². The average Bonchev–Trinajstić information content (AvgIpc) is 2.57. The molecule has 0 bridgehead atoms. The summed E-state index contributed by atoms with van der Waals surface area (Å²) in [6, 6.07) is 0. The summed E-state index contributed by atoms with van der Waals surface area (Å²) >= 11 is 0. The Hall–Kier alpha value is -2.36. The lowest BCUT2D eigenvalue weighted by molar-refractivity contribution is -0.114. The molecule has 4 heteroatoms. The van der Waals surface area contributed by atoms with Gasteiger partial charge in [0.05, 0.1) is 11.4 Å². The second-order valence-corrected chi connectivity index (χ2v) is 12.9. The maximum absolute atomic E-state index is 13.1. The highest BCUT2D eigenvalue weighted by molar-refractivity contribution is 6.24. The number of nitrogens with zero attached hydrogens (tertiary/aromatic N) is 2. The Labute approximate surface area is 194 Å². The number of ketones is 2. The molecule has 0 aromatic heterocycles. The zero-order valence-corrected chi connectivity index (χ0v) is 22.0. The van der Waals surface area contributed by atoms with Gasteiger partial charge in [0.1, 0.15) is 0 Å². The molecule has 0 N–H and O–H groups in total. The maximum Gasteiger partial charge on any atom is 0.186 e. The van der Waals surface area contributed by atoms with Gasteiger partial charge in [-0.15, -0.1) is 0 Å². The Morgan fingerprint density at radius 1 is 0.438 bits per heavy atom. The van der Waals surface area contributed by atoms with Crippen LogP contribution in [0.4, 0.5) is 0 Å². The van der Waals surface area contributed by atoms with Crippen LogP contribution in [-0.4, -0.2) is 23.0 Å². The number of carbonyl (C=O) groups excluding carboxylic acids is 2. The molecule has 0 atom stereocenters. The molecule has 0 spiro atoms. The summed E-state index contributed by atoms with van der Waals surface area (Å²) in [6.07, 6.45) is 7.38. The highest BCUT2D eigenvalue weighted by Crippen LogP contribution is 2.38. The fraction of sp³-hybridized carbons (Fsp3) is 0.571. The zero-order chi connectivity index (χ0) is 24.9. The number of rotatable bonds is 1. The molecule has 2 aliphatic carbocycles. The lowest BCUT2D eigenvalue weighted by Gasteiger charge is -2.31. The Morgan fingerprint density at radius 2 is 0.625 bits per heavy atom. The quantitative estimate of drug-likeness (QED) is 0.334. The third-order valence-corrected chi connectivity index (χ3v) is 5.66. The molecule has 0 aliphatic heterocycles. The molecule has 0 radical (unpaired) electrons. The zero-order valence-electron chi connectivity index (χ0n) is 22.0. The van der Waals surface area contributed by atoms with Crippen molar-refractivity contribution in [3.63, 3.8) is 0 Å². The van der Waals surface area contributed by atoms with Gasteiger partial charge in [-0.1, -0.05) is 83.1 Å². The summed E-state index contributed by atoms with van der Waals surface area (Å²) in [5.74, 6) is 0.148. The summed E-state index contributed by atoms with van der Waals surface area (Å²) in [5.41, 5.74) is 3.05. The molecule has 0 fully saturated rings.